The van der Waals surface area contributed by atoms with Crippen LogP contribution in [0.15, 0.2) is 29.1 Å². The molecule has 2 aromatic heterocycles. The largest absolute Gasteiger partial charge is 0.457 e. The first-order chi connectivity index (χ1) is 14.1. The predicted molar refractivity (Wildman–Crippen MR) is 107 cm³/mol. The van der Waals surface area contributed by atoms with E-state index in [1.807, 2.05) is 31.2 Å². The molecule has 154 valence electrons. The molecule has 29 heavy (non-hydrogen) atoms. The first-order valence-electron chi connectivity index (χ1n) is 10.0. The molecule has 0 bridgehead atoms. The molecule has 0 atom stereocenters. The summed E-state index contributed by atoms with van der Waals surface area (Å²) >= 11 is 0. The summed E-state index contributed by atoms with van der Waals surface area (Å²) in [6.07, 6.45) is 3.08. The van der Waals surface area contributed by atoms with Gasteiger partial charge in [-0.25, -0.2) is 9.67 Å². The van der Waals surface area contributed by atoms with Crippen LogP contribution in [0.4, 0.5) is 0 Å². The number of hydrogen-bond donors (Lipinski definition) is 0. The molecular formula is C20H26N6O3. The molecule has 0 saturated carbocycles. The third-order valence-corrected chi connectivity index (χ3v) is 4.62. The van der Waals surface area contributed by atoms with E-state index in [1.54, 1.807) is 9.25 Å². The first kappa shape index (κ1) is 20.6. The molecule has 0 spiro atoms. The van der Waals surface area contributed by atoms with Crippen molar-refractivity contribution >= 4 is 17.0 Å². The van der Waals surface area contributed by atoms with Crippen LogP contribution in [0, 0.1) is 0 Å². The Morgan fingerprint density at radius 3 is 2.76 bits per heavy atom. The maximum absolute atomic E-state index is 12.9. The lowest BCUT2D eigenvalue weighted by atomic mass is 10.2. The van der Waals surface area contributed by atoms with Gasteiger partial charge in [0.05, 0.1) is 17.5 Å². The molecule has 9 nitrogen and oxygen atoms in total. The average molecular weight is 398 g/mol. The van der Waals surface area contributed by atoms with Crippen molar-refractivity contribution < 1.29 is 9.53 Å². The summed E-state index contributed by atoms with van der Waals surface area (Å²) in [7, 11) is 0. The van der Waals surface area contributed by atoms with Crippen molar-refractivity contribution in [1.29, 1.82) is 0 Å². The Morgan fingerprint density at radius 2 is 1.97 bits per heavy atom. The summed E-state index contributed by atoms with van der Waals surface area (Å²) < 4.78 is 8.65. The van der Waals surface area contributed by atoms with Gasteiger partial charge in [0.2, 0.25) is 0 Å². The first-order valence-corrected chi connectivity index (χ1v) is 10.0. The number of esters is 1. The molecule has 3 aromatic rings. The molecule has 0 aliphatic rings. The van der Waals surface area contributed by atoms with Gasteiger partial charge in [0.15, 0.2) is 12.4 Å². The van der Waals surface area contributed by atoms with E-state index in [9.17, 15) is 9.59 Å². The number of hydrogen-bond acceptors (Lipinski definition) is 7. The van der Waals surface area contributed by atoms with Gasteiger partial charge in [-0.3, -0.25) is 9.59 Å². The minimum absolute atomic E-state index is 0.0116. The van der Waals surface area contributed by atoms with E-state index in [1.165, 1.54) is 0 Å². The Hall–Kier alpha value is -3.10. The fourth-order valence-electron chi connectivity index (χ4n) is 3.10. The minimum Gasteiger partial charge on any atom is -0.457 e. The Balaban J connectivity index is 1.68. The van der Waals surface area contributed by atoms with E-state index in [0.29, 0.717) is 24.6 Å². The quantitative estimate of drug-likeness (QED) is 0.482. The van der Waals surface area contributed by atoms with Crippen molar-refractivity contribution in [2.24, 2.45) is 0 Å². The second kappa shape index (κ2) is 9.90. The molecule has 0 unspecified atom stereocenters. The second-order valence-electron chi connectivity index (χ2n) is 6.84. The van der Waals surface area contributed by atoms with Crippen LogP contribution in [0.5, 0.6) is 0 Å². The standard InChI is InChI=1S/C20H26N6O3/c1-3-5-13-25-17-9-7-6-8-15(17)21-16(20(25)28)10-11-19(27)29-14-18-22-23-24-26(18)12-4-2/h6-9H,3-5,10-14H2,1-2H3. The van der Waals surface area contributed by atoms with Crippen LogP contribution in [0.2, 0.25) is 0 Å². The van der Waals surface area contributed by atoms with Gasteiger partial charge in [-0.2, -0.15) is 0 Å². The molecule has 1 aromatic carbocycles. The molecule has 0 saturated heterocycles. The molecule has 0 radical (unpaired) electrons. The number of carbonyl (C=O) groups excluding carboxylic acids is 1. The number of fused-ring (bicyclic) bond motifs is 1. The van der Waals surface area contributed by atoms with Crippen LogP contribution in [-0.4, -0.2) is 35.7 Å². The number of para-hydroxylation sites is 2. The molecule has 0 amide bonds. The SMILES string of the molecule is CCCCn1c(=O)c(CCC(=O)OCc2nnnn2CCC)nc2ccccc21. The van der Waals surface area contributed by atoms with Gasteiger partial charge in [-0.15, -0.1) is 5.10 Å². The molecule has 9 heteroatoms. The number of carbonyl (C=O) groups is 1. The molecule has 0 N–H and O–H groups in total. The maximum atomic E-state index is 12.9. The Kier molecular flexibility index (Phi) is 7.04. The van der Waals surface area contributed by atoms with E-state index in [-0.39, 0.29) is 25.0 Å². The summed E-state index contributed by atoms with van der Waals surface area (Å²) in [4.78, 5) is 29.5. The predicted octanol–water partition coefficient (Wildman–Crippen LogP) is 2.27. The van der Waals surface area contributed by atoms with E-state index in [4.69, 9.17) is 4.74 Å². The van der Waals surface area contributed by atoms with E-state index >= 15 is 0 Å². The van der Waals surface area contributed by atoms with Crippen LogP contribution < -0.4 is 5.56 Å². The van der Waals surface area contributed by atoms with Gasteiger partial charge in [0.25, 0.3) is 5.56 Å². The lowest BCUT2D eigenvalue weighted by Gasteiger charge is -2.12. The number of benzene rings is 1. The lowest BCUT2D eigenvalue weighted by Crippen LogP contribution is -2.26. The fraction of sp³-hybridized carbons (Fsp3) is 0.500. The normalized spacial score (nSPS) is 11.1. The van der Waals surface area contributed by atoms with Crippen LogP contribution in [0.3, 0.4) is 0 Å². The van der Waals surface area contributed by atoms with Gasteiger partial charge in [-0.05, 0) is 35.4 Å². The number of aryl methyl sites for hydroxylation is 3. The van der Waals surface area contributed by atoms with Gasteiger partial charge in [-0.1, -0.05) is 32.4 Å². The van der Waals surface area contributed by atoms with Crippen molar-refractivity contribution in [2.75, 3.05) is 0 Å². The number of unbranched alkanes of at least 4 members (excludes halogenated alkanes) is 1. The van der Waals surface area contributed by atoms with Crippen LogP contribution in [-0.2, 0) is 35.6 Å². The monoisotopic (exact) mass is 398 g/mol. The Bertz CT molecular complexity index is 1030. The number of rotatable bonds is 10. The lowest BCUT2D eigenvalue weighted by molar-refractivity contribution is -0.145. The average Bonchev–Trinajstić information content (AvgIpc) is 3.17. The van der Waals surface area contributed by atoms with E-state index in [2.05, 4.69) is 27.4 Å². The van der Waals surface area contributed by atoms with Gasteiger partial charge in [0, 0.05) is 19.5 Å². The third kappa shape index (κ3) is 5.04. The van der Waals surface area contributed by atoms with Crippen molar-refractivity contribution in [1.82, 2.24) is 29.8 Å². The Morgan fingerprint density at radius 1 is 1.14 bits per heavy atom. The van der Waals surface area contributed by atoms with Crippen molar-refractivity contribution in [3.05, 3.63) is 46.1 Å². The number of nitrogens with zero attached hydrogens (tertiary/aromatic N) is 6. The number of ether oxygens (including phenoxy) is 1. The van der Waals surface area contributed by atoms with Gasteiger partial charge in [0.1, 0.15) is 5.69 Å². The van der Waals surface area contributed by atoms with Crippen LogP contribution in [0.25, 0.3) is 11.0 Å². The second-order valence-corrected chi connectivity index (χ2v) is 6.84. The zero-order chi connectivity index (χ0) is 20.6. The van der Waals surface area contributed by atoms with E-state index < -0.39 is 5.97 Å². The summed E-state index contributed by atoms with van der Waals surface area (Å²) in [5, 5.41) is 11.3. The molecule has 0 aliphatic carbocycles. The highest BCUT2D eigenvalue weighted by atomic mass is 16.5. The smallest absolute Gasteiger partial charge is 0.306 e. The maximum Gasteiger partial charge on any atom is 0.306 e. The fourth-order valence-corrected chi connectivity index (χ4v) is 3.10. The summed E-state index contributed by atoms with van der Waals surface area (Å²) in [6.45, 7) is 5.41. The zero-order valence-corrected chi connectivity index (χ0v) is 16.9. The topological polar surface area (TPSA) is 105 Å². The Labute approximate surface area is 168 Å². The van der Waals surface area contributed by atoms with E-state index in [0.717, 1.165) is 30.3 Å². The van der Waals surface area contributed by atoms with Crippen molar-refractivity contribution in [3.8, 4) is 0 Å². The molecular weight excluding hydrogens is 372 g/mol. The molecule has 0 aliphatic heterocycles. The highest BCUT2D eigenvalue weighted by molar-refractivity contribution is 5.75. The molecule has 2 heterocycles. The highest BCUT2D eigenvalue weighted by Crippen LogP contribution is 2.12. The van der Waals surface area contributed by atoms with Crippen molar-refractivity contribution in [2.45, 2.75) is 65.6 Å². The highest BCUT2D eigenvalue weighted by Gasteiger charge is 2.14. The zero-order valence-electron chi connectivity index (χ0n) is 16.9. The summed E-state index contributed by atoms with van der Waals surface area (Å²) in [5.74, 6) is 0.0940. The third-order valence-electron chi connectivity index (χ3n) is 4.62. The molecule has 3 rings (SSSR count). The van der Waals surface area contributed by atoms with Crippen molar-refractivity contribution in [3.63, 3.8) is 0 Å². The number of tetrazole rings is 1. The van der Waals surface area contributed by atoms with Gasteiger partial charge >= 0.3 is 5.97 Å². The number of aromatic nitrogens is 6. The minimum atomic E-state index is -0.412. The summed E-state index contributed by atoms with van der Waals surface area (Å²) in [5.41, 5.74) is 1.81. The van der Waals surface area contributed by atoms with Gasteiger partial charge < -0.3 is 9.30 Å². The van der Waals surface area contributed by atoms with Crippen LogP contribution in [0.1, 0.15) is 51.0 Å². The summed E-state index contributed by atoms with van der Waals surface area (Å²) in [6, 6.07) is 7.57. The van der Waals surface area contributed by atoms with Crippen LogP contribution >= 0.6 is 0 Å². The molecule has 0 fully saturated rings.